The fourth-order valence-electron chi connectivity index (χ4n) is 2.52. The summed E-state index contributed by atoms with van der Waals surface area (Å²) in [6.45, 7) is 3.13. The van der Waals surface area contributed by atoms with Crippen LogP contribution in [0.1, 0.15) is 12.6 Å². The lowest BCUT2D eigenvalue weighted by Gasteiger charge is -2.10. The summed E-state index contributed by atoms with van der Waals surface area (Å²) in [5, 5.41) is 10.6. The van der Waals surface area contributed by atoms with Crippen LogP contribution in [0.4, 0.5) is 4.39 Å². The molecule has 0 amide bonds. The number of aromatic nitrogens is 1. The molecule has 0 spiro atoms. The van der Waals surface area contributed by atoms with Gasteiger partial charge in [-0.3, -0.25) is 0 Å². The van der Waals surface area contributed by atoms with E-state index in [1.807, 2.05) is 13.0 Å². The molecule has 0 saturated carbocycles. The second-order valence-corrected chi connectivity index (χ2v) is 4.84. The van der Waals surface area contributed by atoms with Gasteiger partial charge in [-0.05, 0) is 43.3 Å². The Hall–Kier alpha value is -2.49. The molecule has 4 heteroatoms. The number of phenolic OH excluding ortho intramolecular Hbond substituents is 1. The Balaban J connectivity index is 1.92. The number of halogens is 1. The smallest absolute Gasteiger partial charge is 0.161 e. The molecule has 1 aromatic heterocycles. The molecule has 1 heterocycles. The third-order valence-electron chi connectivity index (χ3n) is 3.51. The maximum Gasteiger partial charge on any atom is 0.161 e. The van der Waals surface area contributed by atoms with Crippen LogP contribution in [0.3, 0.4) is 0 Å². The Bertz CT molecular complexity index is 780. The second-order valence-electron chi connectivity index (χ2n) is 4.84. The Morgan fingerprint density at radius 2 is 1.95 bits per heavy atom. The van der Waals surface area contributed by atoms with Crippen LogP contribution in [0.2, 0.25) is 0 Å². The maximum absolute atomic E-state index is 13.3. The van der Waals surface area contributed by atoms with Gasteiger partial charge in [0.2, 0.25) is 0 Å². The lowest BCUT2D eigenvalue weighted by molar-refractivity contribution is 0.280. The van der Waals surface area contributed by atoms with E-state index in [0.29, 0.717) is 12.4 Å². The van der Waals surface area contributed by atoms with Crippen LogP contribution in [0.15, 0.2) is 48.5 Å². The van der Waals surface area contributed by atoms with E-state index in [9.17, 15) is 9.50 Å². The highest BCUT2D eigenvalue weighted by Gasteiger charge is 2.10. The molecule has 0 atom stereocenters. The van der Waals surface area contributed by atoms with E-state index in [4.69, 9.17) is 4.74 Å². The molecular formula is C17H16FNO2. The average Bonchev–Trinajstić information content (AvgIpc) is 2.82. The highest BCUT2D eigenvalue weighted by Crippen LogP contribution is 2.27. The number of nitrogens with zero attached hydrogens (tertiary/aromatic N) is 1. The third kappa shape index (κ3) is 2.57. The van der Waals surface area contributed by atoms with E-state index < -0.39 is 0 Å². The summed E-state index contributed by atoms with van der Waals surface area (Å²) in [6.07, 6.45) is 0. The minimum atomic E-state index is -0.246. The van der Waals surface area contributed by atoms with Crippen LogP contribution in [-0.4, -0.2) is 9.67 Å². The van der Waals surface area contributed by atoms with Crippen molar-refractivity contribution in [1.29, 1.82) is 0 Å². The topological polar surface area (TPSA) is 34.4 Å². The number of hydrogen-bond donors (Lipinski definition) is 1. The number of ether oxygens (including phenoxy) is 1. The van der Waals surface area contributed by atoms with Crippen molar-refractivity contribution < 1.29 is 14.2 Å². The van der Waals surface area contributed by atoms with Crippen LogP contribution in [0.5, 0.6) is 11.5 Å². The van der Waals surface area contributed by atoms with E-state index in [-0.39, 0.29) is 11.6 Å². The van der Waals surface area contributed by atoms with Gasteiger partial charge < -0.3 is 14.4 Å². The van der Waals surface area contributed by atoms with Crippen molar-refractivity contribution in [1.82, 2.24) is 4.57 Å². The Labute approximate surface area is 122 Å². The van der Waals surface area contributed by atoms with E-state index in [2.05, 4.69) is 4.57 Å². The van der Waals surface area contributed by atoms with E-state index in [1.165, 1.54) is 12.1 Å². The third-order valence-corrected chi connectivity index (χ3v) is 3.51. The molecule has 0 aliphatic carbocycles. The number of phenols is 1. The number of fused-ring (bicyclic) bond motifs is 1. The summed E-state index contributed by atoms with van der Waals surface area (Å²) in [5.41, 5.74) is 1.93. The fourth-order valence-corrected chi connectivity index (χ4v) is 2.52. The zero-order valence-electron chi connectivity index (χ0n) is 11.7. The molecule has 0 fully saturated rings. The molecule has 1 N–H and O–H groups in total. The summed E-state index contributed by atoms with van der Waals surface area (Å²) in [6, 6.07) is 13.5. The molecule has 108 valence electrons. The lowest BCUT2D eigenvalue weighted by atomic mass is 10.2. The Morgan fingerprint density at radius 1 is 1.14 bits per heavy atom. The number of benzene rings is 2. The van der Waals surface area contributed by atoms with Gasteiger partial charge in [-0.15, -0.1) is 0 Å². The van der Waals surface area contributed by atoms with E-state index in [1.54, 1.807) is 30.3 Å². The molecule has 3 nitrogen and oxygen atoms in total. The summed E-state index contributed by atoms with van der Waals surface area (Å²) in [4.78, 5) is 0. The van der Waals surface area contributed by atoms with Gasteiger partial charge in [-0.2, -0.15) is 0 Å². The molecule has 0 saturated heterocycles. The van der Waals surface area contributed by atoms with Gasteiger partial charge in [0.05, 0.1) is 5.69 Å². The zero-order chi connectivity index (χ0) is 14.8. The lowest BCUT2D eigenvalue weighted by Crippen LogP contribution is -2.04. The van der Waals surface area contributed by atoms with Crippen molar-refractivity contribution in [3.8, 4) is 11.5 Å². The van der Waals surface area contributed by atoms with Gasteiger partial charge in [0, 0.05) is 17.4 Å². The van der Waals surface area contributed by atoms with Crippen molar-refractivity contribution in [2.24, 2.45) is 0 Å². The average molecular weight is 285 g/mol. The van der Waals surface area contributed by atoms with Crippen molar-refractivity contribution in [2.45, 2.75) is 20.1 Å². The highest BCUT2D eigenvalue weighted by atomic mass is 19.1. The normalized spacial score (nSPS) is 11.0. The Morgan fingerprint density at radius 3 is 2.71 bits per heavy atom. The number of aryl methyl sites for hydroxylation is 1. The van der Waals surface area contributed by atoms with Crippen molar-refractivity contribution in [2.75, 3.05) is 0 Å². The molecule has 0 bridgehead atoms. The summed E-state index contributed by atoms with van der Waals surface area (Å²) < 4.78 is 21.1. The largest absolute Gasteiger partial charge is 0.504 e. The van der Waals surface area contributed by atoms with Crippen LogP contribution < -0.4 is 4.74 Å². The SMILES string of the molecule is CCn1c(COc2ccccc2O)cc2cc(F)ccc21. The Kier molecular flexibility index (Phi) is 3.52. The first-order chi connectivity index (χ1) is 10.2. The minimum Gasteiger partial charge on any atom is -0.504 e. The zero-order valence-corrected chi connectivity index (χ0v) is 11.7. The first-order valence-electron chi connectivity index (χ1n) is 6.87. The van der Waals surface area contributed by atoms with Crippen molar-refractivity contribution in [3.05, 3.63) is 60.0 Å². The highest BCUT2D eigenvalue weighted by molar-refractivity contribution is 5.81. The van der Waals surface area contributed by atoms with Crippen LogP contribution in [0, 0.1) is 5.82 Å². The predicted octanol–water partition coefficient (Wildman–Crippen LogP) is 4.08. The molecule has 3 aromatic rings. The number of para-hydroxylation sites is 2. The van der Waals surface area contributed by atoms with Crippen molar-refractivity contribution in [3.63, 3.8) is 0 Å². The minimum absolute atomic E-state index is 0.114. The first-order valence-corrected chi connectivity index (χ1v) is 6.87. The van der Waals surface area contributed by atoms with Crippen molar-refractivity contribution >= 4 is 10.9 Å². The van der Waals surface area contributed by atoms with Gasteiger partial charge in [-0.1, -0.05) is 12.1 Å². The van der Waals surface area contributed by atoms with Gasteiger partial charge in [-0.25, -0.2) is 4.39 Å². The van der Waals surface area contributed by atoms with E-state index >= 15 is 0 Å². The number of aromatic hydroxyl groups is 1. The molecule has 0 unspecified atom stereocenters. The maximum atomic E-state index is 13.3. The molecule has 0 aliphatic rings. The van der Waals surface area contributed by atoms with Gasteiger partial charge >= 0.3 is 0 Å². The second kappa shape index (κ2) is 5.48. The van der Waals surface area contributed by atoms with Crippen LogP contribution in [0.25, 0.3) is 10.9 Å². The molecule has 0 radical (unpaired) electrons. The number of hydrogen-bond acceptors (Lipinski definition) is 2. The molecule has 21 heavy (non-hydrogen) atoms. The molecular weight excluding hydrogens is 269 g/mol. The standard InChI is InChI=1S/C17H16FNO2/c1-2-19-14(10-12-9-13(18)7-8-15(12)19)11-21-17-6-4-3-5-16(17)20/h3-10,20H,2,11H2,1H3. The van der Waals surface area contributed by atoms with Gasteiger partial charge in [0.25, 0.3) is 0 Å². The number of rotatable bonds is 4. The quantitative estimate of drug-likeness (QED) is 0.783. The van der Waals surface area contributed by atoms with Crippen LogP contribution >= 0.6 is 0 Å². The summed E-state index contributed by atoms with van der Waals surface area (Å²) >= 11 is 0. The van der Waals surface area contributed by atoms with Gasteiger partial charge in [0.1, 0.15) is 12.4 Å². The summed E-state index contributed by atoms with van der Waals surface area (Å²) in [5.74, 6) is 0.309. The molecule has 2 aromatic carbocycles. The molecule has 3 rings (SSSR count). The monoisotopic (exact) mass is 285 g/mol. The van der Waals surface area contributed by atoms with E-state index in [0.717, 1.165) is 23.1 Å². The predicted molar refractivity (Wildman–Crippen MR) is 80.0 cm³/mol. The summed E-state index contributed by atoms with van der Waals surface area (Å²) in [7, 11) is 0. The first kappa shape index (κ1) is 13.5. The van der Waals surface area contributed by atoms with Crippen LogP contribution in [-0.2, 0) is 13.2 Å². The van der Waals surface area contributed by atoms with Gasteiger partial charge in [0.15, 0.2) is 11.5 Å². The molecule has 0 aliphatic heterocycles. The fraction of sp³-hybridized carbons (Fsp3) is 0.176.